The molecule has 2 aliphatic rings. The second-order valence-electron chi connectivity index (χ2n) is 8.15. The number of nitrogens with zero attached hydrogens (tertiary/aromatic N) is 2. The normalized spacial score (nSPS) is 16.2. The first-order valence-corrected chi connectivity index (χ1v) is 10.9. The van der Waals surface area contributed by atoms with Gasteiger partial charge >= 0.3 is 0 Å². The SMILES string of the molecule is O=C1Cc2cc(C(=O)NCCCc3ccnc(CCC4CCNCC4)n3)ccc2N1. The molecule has 0 spiro atoms. The summed E-state index contributed by atoms with van der Waals surface area (Å²) in [5.41, 5.74) is 3.30. The Morgan fingerprint density at radius 2 is 2.03 bits per heavy atom. The van der Waals surface area contributed by atoms with E-state index in [9.17, 15) is 9.59 Å². The molecule has 3 N–H and O–H groups in total. The minimum absolute atomic E-state index is 0.0254. The smallest absolute Gasteiger partial charge is 0.251 e. The molecule has 2 amide bonds. The lowest BCUT2D eigenvalue weighted by molar-refractivity contribution is -0.115. The molecule has 0 atom stereocenters. The van der Waals surface area contributed by atoms with Crippen molar-refractivity contribution in [3.05, 3.63) is 53.1 Å². The third-order valence-electron chi connectivity index (χ3n) is 5.89. The number of nitrogens with one attached hydrogen (secondary N) is 3. The molecule has 3 heterocycles. The summed E-state index contributed by atoms with van der Waals surface area (Å²) in [4.78, 5) is 33.0. The Hall–Kier alpha value is -2.80. The molecular formula is C23H29N5O2. The third-order valence-corrected chi connectivity index (χ3v) is 5.89. The number of piperidine rings is 1. The largest absolute Gasteiger partial charge is 0.352 e. The van der Waals surface area contributed by atoms with Crippen LogP contribution in [0.4, 0.5) is 5.69 Å². The zero-order valence-corrected chi connectivity index (χ0v) is 17.2. The van der Waals surface area contributed by atoms with Crippen LogP contribution >= 0.6 is 0 Å². The van der Waals surface area contributed by atoms with Crippen LogP contribution < -0.4 is 16.0 Å². The first-order valence-electron chi connectivity index (χ1n) is 10.9. The van der Waals surface area contributed by atoms with Crippen LogP contribution in [0, 0.1) is 5.92 Å². The third kappa shape index (κ3) is 5.42. The number of carbonyl (C=O) groups is 2. The molecule has 0 unspecified atom stereocenters. The van der Waals surface area contributed by atoms with Crippen LogP contribution in [0.5, 0.6) is 0 Å². The van der Waals surface area contributed by atoms with E-state index >= 15 is 0 Å². The highest BCUT2D eigenvalue weighted by molar-refractivity contribution is 6.01. The molecule has 1 aromatic carbocycles. The van der Waals surface area contributed by atoms with Gasteiger partial charge in [0, 0.05) is 36.1 Å². The molecule has 1 fully saturated rings. The van der Waals surface area contributed by atoms with Gasteiger partial charge in [-0.2, -0.15) is 0 Å². The molecule has 0 radical (unpaired) electrons. The van der Waals surface area contributed by atoms with Gasteiger partial charge in [0.2, 0.25) is 5.91 Å². The van der Waals surface area contributed by atoms with Gasteiger partial charge in [0.05, 0.1) is 6.42 Å². The van der Waals surface area contributed by atoms with Gasteiger partial charge in [-0.3, -0.25) is 9.59 Å². The number of rotatable bonds is 8. The molecule has 158 valence electrons. The van der Waals surface area contributed by atoms with E-state index in [4.69, 9.17) is 4.98 Å². The summed E-state index contributed by atoms with van der Waals surface area (Å²) in [6, 6.07) is 7.29. The second kappa shape index (κ2) is 9.80. The van der Waals surface area contributed by atoms with Crippen molar-refractivity contribution < 1.29 is 9.59 Å². The summed E-state index contributed by atoms with van der Waals surface area (Å²) in [5.74, 6) is 1.57. The fourth-order valence-corrected chi connectivity index (χ4v) is 4.15. The first-order chi connectivity index (χ1) is 14.7. The van der Waals surface area contributed by atoms with Crippen molar-refractivity contribution in [1.29, 1.82) is 0 Å². The molecule has 7 nitrogen and oxygen atoms in total. The summed E-state index contributed by atoms with van der Waals surface area (Å²) in [5, 5.41) is 9.15. The van der Waals surface area contributed by atoms with E-state index in [0.29, 0.717) is 18.5 Å². The molecule has 0 aliphatic carbocycles. The Bertz CT molecular complexity index is 908. The minimum atomic E-state index is -0.109. The fourth-order valence-electron chi connectivity index (χ4n) is 4.15. The van der Waals surface area contributed by atoms with Gasteiger partial charge in [0.25, 0.3) is 5.91 Å². The highest BCUT2D eigenvalue weighted by Gasteiger charge is 2.19. The minimum Gasteiger partial charge on any atom is -0.352 e. The lowest BCUT2D eigenvalue weighted by atomic mass is 9.93. The Morgan fingerprint density at radius 3 is 2.90 bits per heavy atom. The van der Waals surface area contributed by atoms with E-state index in [2.05, 4.69) is 20.9 Å². The van der Waals surface area contributed by atoms with Crippen LogP contribution in [-0.2, 0) is 24.1 Å². The summed E-state index contributed by atoms with van der Waals surface area (Å²) in [6.45, 7) is 2.83. The van der Waals surface area contributed by atoms with Gasteiger partial charge in [-0.1, -0.05) is 0 Å². The lowest BCUT2D eigenvalue weighted by Crippen LogP contribution is -2.28. The van der Waals surface area contributed by atoms with Crippen molar-refractivity contribution in [3.63, 3.8) is 0 Å². The number of aryl methyl sites for hydroxylation is 2. The number of fused-ring (bicyclic) bond motifs is 1. The standard InChI is InChI=1S/C23H29N5O2/c29-22-15-18-14-17(4-5-20(18)28-22)23(30)26-10-1-2-19-9-13-25-21(27-19)6-3-16-7-11-24-12-8-16/h4-5,9,13-14,16,24H,1-3,6-8,10-12,15H2,(H,26,30)(H,28,29). The number of anilines is 1. The van der Waals surface area contributed by atoms with Crippen LogP contribution in [0.15, 0.2) is 30.5 Å². The molecule has 2 aromatic rings. The number of hydrogen-bond donors (Lipinski definition) is 3. The lowest BCUT2D eigenvalue weighted by Gasteiger charge is -2.22. The maximum absolute atomic E-state index is 12.4. The van der Waals surface area contributed by atoms with E-state index in [0.717, 1.165) is 67.5 Å². The van der Waals surface area contributed by atoms with Crippen LogP contribution in [-0.4, -0.2) is 41.4 Å². The van der Waals surface area contributed by atoms with Crippen molar-refractivity contribution in [2.75, 3.05) is 25.0 Å². The maximum atomic E-state index is 12.4. The van der Waals surface area contributed by atoms with Gasteiger partial charge in [-0.05, 0) is 80.9 Å². The number of carbonyl (C=O) groups excluding carboxylic acids is 2. The van der Waals surface area contributed by atoms with E-state index < -0.39 is 0 Å². The average Bonchev–Trinajstić information content (AvgIpc) is 3.15. The van der Waals surface area contributed by atoms with Gasteiger partial charge < -0.3 is 16.0 Å². The topological polar surface area (TPSA) is 96.0 Å². The second-order valence-corrected chi connectivity index (χ2v) is 8.15. The van der Waals surface area contributed by atoms with E-state index in [1.807, 2.05) is 12.3 Å². The number of amides is 2. The van der Waals surface area contributed by atoms with Crippen LogP contribution in [0.3, 0.4) is 0 Å². The highest BCUT2D eigenvalue weighted by atomic mass is 16.2. The number of aromatic nitrogens is 2. The highest BCUT2D eigenvalue weighted by Crippen LogP contribution is 2.23. The van der Waals surface area contributed by atoms with Crippen molar-refractivity contribution in [1.82, 2.24) is 20.6 Å². The quantitative estimate of drug-likeness (QED) is 0.584. The van der Waals surface area contributed by atoms with Crippen molar-refractivity contribution in [2.45, 2.75) is 44.9 Å². The molecule has 7 heteroatoms. The van der Waals surface area contributed by atoms with Crippen molar-refractivity contribution in [2.24, 2.45) is 5.92 Å². The number of benzene rings is 1. The van der Waals surface area contributed by atoms with Crippen LogP contribution in [0.2, 0.25) is 0 Å². The first kappa shape index (κ1) is 20.5. The predicted molar refractivity (Wildman–Crippen MR) is 115 cm³/mol. The van der Waals surface area contributed by atoms with Gasteiger partial charge in [0.15, 0.2) is 0 Å². The molecule has 0 saturated carbocycles. The maximum Gasteiger partial charge on any atom is 0.251 e. The predicted octanol–water partition coefficient (Wildman–Crippen LogP) is 2.27. The van der Waals surface area contributed by atoms with Crippen molar-refractivity contribution >= 4 is 17.5 Å². The molecule has 4 rings (SSSR count). The fraction of sp³-hybridized carbons (Fsp3) is 0.478. The van der Waals surface area contributed by atoms with Gasteiger partial charge in [0.1, 0.15) is 5.82 Å². The molecule has 0 bridgehead atoms. The zero-order valence-electron chi connectivity index (χ0n) is 17.2. The van der Waals surface area contributed by atoms with E-state index in [1.54, 1.807) is 18.2 Å². The molecular weight excluding hydrogens is 378 g/mol. The van der Waals surface area contributed by atoms with Crippen LogP contribution in [0.25, 0.3) is 0 Å². The van der Waals surface area contributed by atoms with Gasteiger partial charge in [-0.25, -0.2) is 9.97 Å². The zero-order chi connectivity index (χ0) is 20.8. The molecule has 30 heavy (non-hydrogen) atoms. The summed E-state index contributed by atoms with van der Waals surface area (Å²) >= 11 is 0. The molecule has 1 saturated heterocycles. The molecule has 1 aromatic heterocycles. The van der Waals surface area contributed by atoms with E-state index in [-0.39, 0.29) is 11.8 Å². The summed E-state index contributed by atoms with van der Waals surface area (Å²) in [6.07, 6.45) is 8.40. The number of hydrogen-bond acceptors (Lipinski definition) is 5. The Labute approximate surface area is 177 Å². The van der Waals surface area contributed by atoms with E-state index in [1.165, 1.54) is 12.8 Å². The van der Waals surface area contributed by atoms with Crippen molar-refractivity contribution in [3.8, 4) is 0 Å². The molecule has 2 aliphatic heterocycles. The van der Waals surface area contributed by atoms with Gasteiger partial charge in [-0.15, -0.1) is 0 Å². The Balaban J connectivity index is 1.20. The Morgan fingerprint density at radius 1 is 1.17 bits per heavy atom. The summed E-state index contributed by atoms with van der Waals surface area (Å²) in [7, 11) is 0. The monoisotopic (exact) mass is 407 g/mol. The summed E-state index contributed by atoms with van der Waals surface area (Å²) < 4.78 is 0. The Kier molecular flexibility index (Phi) is 6.69. The van der Waals surface area contributed by atoms with Crippen LogP contribution in [0.1, 0.15) is 53.1 Å². The average molecular weight is 408 g/mol.